The van der Waals surface area contributed by atoms with Gasteiger partial charge in [0.2, 0.25) is 0 Å². The number of hydrogen-bond acceptors (Lipinski definition) is 4. The van der Waals surface area contributed by atoms with Crippen molar-refractivity contribution in [1.29, 1.82) is 0 Å². The molecule has 0 bridgehead atoms. The van der Waals surface area contributed by atoms with E-state index in [4.69, 9.17) is 10.3 Å². The zero-order chi connectivity index (χ0) is 15.5. The average molecular weight is 292 g/mol. The Balaban J connectivity index is 2.10. The van der Waals surface area contributed by atoms with Crippen LogP contribution in [0.5, 0.6) is 0 Å². The number of aromatic nitrogens is 2. The number of carbonyl (C=O) groups is 1. The van der Waals surface area contributed by atoms with Crippen LogP contribution in [-0.4, -0.2) is 45.0 Å². The van der Waals surface area contributed by atoms with E-state index in [0.717, 1.165) is 0 Å². The van der Waals surface area contributed by atoms with Crippen LogP contribution in [0, 0.1) is 0 Å². The molecule has 114 valence electrons. The average Bonchev–Trinajstić information content (AvgIpc) is 2.98. The highest BCUT2D eigenvalue weighted by Crippen LogP contribution is 2.24. The maximum atomic E-state index is 12.3. The predicted molar refractivity (Wildman–Crippen MR) is 76.5 cm³/mol. The van der Waals surface area contributed by atoms with Gasteiger partial charge < -0.3 is 9.64 Å². The molecule has 0 N–H and O–H groups in total. The van der Waals surface area contributed by atoms with Gasteiger partial charge in [-0.05, 0) is 38.8 Å². The monoisotopic (exact) mass is 292 g/mol. The number of ether oxygens (including phenoxy) is 1. The van der Waals surface area contributed by atoms with Crippen molar-refractivity contribution in [3.05, 3.63) is 28.9 Å². The zero-order valence-electron chi connectivity index (χ0n) is 12.5. The van der Waals surface area contributed by atoms with E-state index in [1.54, 1.807) is 15.8 Å². The van der Waals surface area contributed by atoms with Crippen LogP contribution in [0.1, 0.15) is 27.2 Å². The van der Waals surface area contributed by atoms with Gasteiger partial charge in [-0.3, -0.25) is 4.68 Å². The van der Waals surface area contributed by atoms with Gasteiger partial charge in [-0.25, -0.2) is 4.79 Å². The number of hydrogen-bond donors (Lipinski definition) is 0. The Morgan fingerprint density at radius 1 is 1.57 bits per heavy atom. The molecular weight excluding hydrogens is 272 g/mol. The molecule has 2 heterocycles. The fourth-order valence-electron chi connectivity index (χ4n) is 2.39. The molecule has 0 spiro atoms. The highest BCUT2D eigenvalue weighted by Gasteiger charge is 2.37. The first-order chi connectivity index (χ1) is 9.89. The standard InChI is InChI=1S/C13H20N6O2/c1-13(2,3)21-12(20)19-8-10(16-17-14)7-11(19)9-18-6-4-5-15-18/h4-6,10-11H,7-9H2,1-3H3/t10-,11+/m1/s1. The van der Waals surface area contributed by atoms with Gasteiger partial charge in [-0.2, -0.15) is 5.10 Å². The van der Waals surface area contributed by atoms with Crippen LogP contribution in [0.15, 0.2) is 23.6 Å². The van der Waals surface area contributed by atoms with Crippen molar-refractivity contribution in [2.24, 2.45) is 5.11 Å². The van der Waals surface area contributed by atoms with E-state index < -0.39 is 5.60 Å². The fourth-order valence-corrected chi connectivity index (χ4v) is 2.39. The molecule has 0 radical (unpaired) electrons. The summed E-state index contributed by atoms with van der Waals surface area (Å²) in [6, 6.07) is 1.52. The van der Waals surface area contributed by atoms with Crippen molar-refractivity contribution < 1.29 is 9.53 Å². The van der Waals surface area contributed by atoms with E-state index in [2.05, 4.69) is 15.1 Å². The van der Waals surface area contributed by atoms with Gasteiger partial charge >= 0.3 is 6.09 Å². The molecule has 0 aromatic carbocycles. The Kier molecular flexibility index (Phi) is 4.37. The molecule has 1 amide bonds. The Labute approximate surface area is 123 Å². The van der Waals surface area contributed by atoms with Crippen LogP contribution in [0.2, 0.25) is 0 Å². The van der Waals surface area contributed by atoms with E-state index in [1.807, 2.05) is 33.0 Å². The van der Waals surface area contributed by atoms with E-state index in [-0.39, 0.29) is 18.2 Å². The zero-order valence-corrected chi connectivity index (χ0v) is 12.5. The predicted octanol–water partition coefficient (Wildman–Crippen LogP) is 2.57. The van der Waals surface area contributed by atoms with E-state index in [0.29, 0.717) is 19.5 Å². The second kappa shape index (κ2) is 6.05. The molecule has 1 saturated heterocycles. The summed E-state index contributed by atoms with van der Waals surface area (Å²) in [4.78, 5) is 16.8. The highest BCUT2D eigenvalue weighted by atomic mass is 16.6. The first kappa shape index (κ1) is 15.2. The lowest BCUT2D eigenvalue weighted by molar-refractivity contribution is 0.0210. The molecule has 1 fully saturated rings. The lowest BCUT2D eigenvalue weighted by atomic mass is 10.2. The van der Waals surface area contributed by atoms with Gasteiger partial charge in [0.05, 0.1) is 18.6 Å². The molecule has 1 aromatic heterocycles. The van der Waals surface area contributed by atoms with Crippen LogP contribution in [0.3, 0.4) is 0 Å². The summed E-state index contributed by atoms with van der Waals surface area (Å²) in [6.07, 6.45) is 3.77. The van der Waals surface area contributed by atoms with Crippen molar-refractivity contribution in [2.75, 3.05) is 6.54 Å². The minimum Gasteiger partial charge on any atom is -0.444 e. The summed E-state index contributed by atoms with van der Waals surface area (Å²) >= 11 is 0. The Hall–Kier alpha value is -2.21. The lowest BCUT2D eigenvalue weighted by Gasteiger charge is -2.28. The molecule has 8 heteroatoms. The molecular formula is C13H20N6O2. The van der Waals surface area contributed by atoms with E-state index in [9.17, 15) is 4.79 Å². The maximum Gasteiger partial charge on any atom is 0.410 e. The number of amides is 1. The Bertz CT molecular complexity index is 529. The molecule has 0 saturated carbocycles. The molecule has 1 aliphatic heterocycles. The third-order valence-corrected chi connectivity index (χ3v) is 3.19. The number of nitrogens with zero attached hydrogens (tertiary/aromatic N) is 6. The summed E-state index contributed by atoms with van der Waals surface area (Å²) in [7, 11) is 0. The van der Waals surface area contributed by atoms with E-state index in [1.165, 1.54) is 0 Å². The largest absolute Gasteiger partial charge is 0.444 e. The van der Waals surface area contributed by atoms with Crippen LogP contribution in [0.4, 0.5) is 4.79 Å². The summed E-state index contributed by atoms with van der Waals surface area (Å²) in [5.74, 6) is 0. The van der Waals surface area contributed by atoms with Crippen molar-refractivity contribution in [3.63, 3.8) is 0 Å². The molecule has 0 aliphatic carbocycles. The second-order valence-electron chi connectivity index (χ2n) is 6.11. The van der Waals surface area contributed by atoms with Crippen molar-refractivity contribution in [2.45, 2.75) is 51.4 Å². The summed E-state index contributed by atoms with van der Waals surface area (Å²) in [5.41, 5.74) is 8.04. The normalized spacial score (nSPS) is 22.0. The van der Waals surface area contributed by atoms with Gasteiger partial charge in [0.15, 0.2) is 0 Å². The first-order valence-corrected chi connectivity index (χ1v) is 6.90. The molecule has 2 rings (SSSR count). The van der Waals surface area contributed by atoms with Gasteiger partial charge in [-0.1, -0.05) is 5.11 Å². The van der Waals surface area contributed by atoms with Crippen LogP contribution in [-0.2, 0) is 11.3 Å². The molecule has 1 aromatic rings. The third-order valence-electron chi connectivity index (χ3n) is 3.19. The SMILES string of the molecule is CC(C)(C)OC(=O)N1C[C@H](N=[N+]=[N-])C[C@H]1Cn1cccn1. The molecule has 1 aliphatic rings. The molecule has 21 heavy (non-hydrogen) atoms. The van der Waals surface area contributed by atoms with Crippen molar-refractivity contribution in [1.82, 2.24) is 14.7 Å². The van der Waals surface area contributed by atoms with E-state index >= 15 is 0 Å². The molecule has 8 nitrogen and oxygen atoms in total. The minimum absolute atomic E-state index is 0.0877. The van der Waals surface area contributed by atoms with Crippen molar-refractivity contribution >= 4 is 6.09 Å². The van der Waals surface area contributed by atoms with Crippen LogP contribution >= 0.6 is 0 Å². The van der Waals surface area contributed by atoms with Crippen molar-refractivity contribution in [3.8, 4) is 0 Å². The van der Waals surface area contributed by atoms with Gasteiger partial charge in [0.25, 0.3) is 0 Å². The lowest BCUT2D eigenvalue weighted by Crippen LogP contribution is -2.41. The quantitative estimate of drug-likeness (QED) is 0.486. The van der Waals surface area contributed by atoms with Gasteiger partial charge in [0, 0.05) is 23.9 Å². The molecule has 2 atom stereocenters. The highest BCUT2D eigenvalue weighted by molar-refractivity contribution is 5.69. The third kappa shape index (κ3) is 4.13. The fraction of sp³-hybridized carbons (Fsp3) is 0.692. The summed E-state index contributed by atoms with van der Waals surface area (Å²) < 4.78 is 7.18. The number of rotatable bonds is 3. The first-order valence-electron chi connectivity index (χ1n) is 6.90. The smallest absolute Gasteiger partial charge is 0.410 e. The van der Waals surface area contributed by atoms with Crippen LogP contribution in [0.25, 0.3) is 10.4 Å². The summed E-state index contributed by atoms with van der Waals surface area (Å²) in [6.45, 7) is 6.42. The Morgan fingerprint density at radius 3 is 2.90 bits per heavy atom. The number of likely N-dealkylation sites (tertiary alicyclic amines) is 1. The summed E-state index contributed by atoms with van der Waals surface area (Å²) in [5, 5.41) is 7.89. The second-order valence-corrected chi connectivity index (χ2v) is 6.11. The maximum absolute atomic E-state index is 12.3. The topological polar surface area (TPSA) is 96.1 Å². The Morgan fingerprint density at radius 2 is 2.33 bits per heavy atom. The molecule has 0 unspecified atom stereocenters. The number of carbonyl (C=O) groups excluding carboxylic acids is 1. The number of azide groups is 1. The van der Waals surface area contributed by atoms with Gasteiger partial charge in [-0.15, -0.1) is 0 Å². The minimum atomic E-state index is -0.552. The van der Waals surface area contributed by atoms with Gasteiger partial charge in [0.1, 0.15) is 5.60 Å². The van der Waals surface area contributed by atoms with Crippen LogP contribution < -0.4 is 0 Å².